The molecule has 0 unspecified atom stereocenters. The summed E-state index contributed by atoms with van der Waals surface area (Å²) in [6.45, 7) is 1.08. The van der Waals surface area contributed by atoms with Crippen molar-refractivity contribution in [1.82, 2.24) is 15.6 Å². The van der Waals surface area contributed by atoms with Crippen LogP contribution >= 0.6 is 0 Å². The number of piperidine rings is 1. The third kappa shape index (κ3) is 3.18. The maximum atomic E-state index is 12.9. The number of para-hydroxylation sites is 1. The minimum absolute atomic E-state index is 0.0102. The van der Waals surface area contributed by atoms with Crippen LogP contribution in [0.3, 0.4) is 0 Å². The summed E-state index contributed by atoms with van der Waals surface area (Å²) in [6.07, 6.45) is 8.93. The Morgan fingerprint density at radius 2 is 1.80 bits per heavy atom. The summed E-state index contributed by atoms with van der Waals surface area (Å²) in [5.41, 5.74) is 4.16. The Bertz CT molecular complexity index is 1000. The van der Waals surface area contributed by atoms with Crippen LogP contribution in [0.4, 0.5) is 5.69 Å². The molecule has 0 saturated carbocycles. The van der Waals surface area contributed by atoms with Crippen LogP contribution in [-0.2, 0) is 9.59 Å². The largest absolute Gasteiger partial charge is 0.362 e. The summed E-state index contributed by atoms with van der Waals surface area (Å²) in [5, 5.41) is 10.7. The number of hydrogen-bond donors (Lipinski definition) is 3. The van der Waals surface area contributed by atoms with Crippen molar-refractivity contribution in [2.24, 2.45) is 16.9 Å². The lowest BCUT2D eigenvalue weighted by Crippen LogP contribution is -2.62. The molecular weight excluding hydrogens is 382 g/mol. The van der Waals surface area contributed by atoms with Gasteiger partial charge in [0.2, 0.25) is 11.8 Å². The number of nitrogens with zero attached hydrogens (tertiary/aromatic N) is 2. The number of hydrogen-bond acceptors (Lipinski definition) is 5. The van der Waals surface area contributed by atoms with Gasteiger partial charge < -0.3 is 15.5 Å². The predicted octanol–water partition coefficient (Wildman–Crippen LogP) is 1.39. The zero-order chi connectivity index (χ0) is 20.7. The average molecular weight is 405 g/mol. The first-order chi connectivity index (χ1) is 14.5. The number of carbonyl (C=O) groups excluding carboxylic acids is 3. The van der Waals surface area contributed by atoms with Gasteiger partial charge in [-0.15, -0.1) is 0 Å². The van der Waals surface area contributed by atoms with Crippen LogP contribution in [0.2, 0.25) is 0 Å². The van der Waals surface area contributed by atoms with E-state index in [1.807, 2.05) is 47.4 Å². The molecule has 8 nitrogen and oxygen atoms in total. The van der Waals surface area contributed by atoms with Crippen molar-refractivity contribution < 1.29 is 14.4 Å². The van der Waals surface area contributed by atoms with Gasteiger partial charge in [-0.05, 0) is 12.1 Å². The number of fused-ring (bicyclic) bond motifs is 2. The summed E-state index contributed by atoms with van der Waals surface area (Å²) in [5.74, 6) is -0.707. The van der Waals surface area contributed by atoms with Gasteiger partial charge in [0.05, 0.1) is 23.6 Å². The number of rotatable bonds is 2. The second kappa shape index (κ2) is 7.12. The molecule has 1 fully saturated rings. The lowest BCUT2D eigenvalue weighted by Gasteiger charge is -2.46. The van der Waals surface area contributed by atoms with Crippen LogP contribution < -0.4 is 16.1 Å². The Kier molecular flexibility index (Phi) is 4.42. The summed E-state index contributed by atoms with van der Waals surface area (Å²) in [6, 6.07) is 7.46. The Labute approximate surface area is 174 Å². The minimum Gasteiger partial charge on any atom is -0.362 e. The van der Waals surface area contributed by atoms with Crippen LogP contribution in [0, 0.1) is 11.8 Å². The van der Waals surface area contributed by atoms with Crippen molar-refractivity contribution in [3.05, 3.63) is 54.1 Å². The fourth-order valence-corrected chi connectivity index (χ4v) is 4.63. The molecule has 1 saturated heterocycles. The third-order valence-electron chi connectivity index (χ3n) is 6.33. The number of hydrazone groups is 1. The van der Waals surface area contributed by atoms with Gasteiger partial charge in [0, 0.05) is 37.5 Å². The molecule has 0 bridgehead atoms. The van der Waals surface area contributed by atoms with Gasteiger partial charge >= 0.3 is 0 Å². The van der Waals surface area contributed by atoms with E-state index in [1.165, 1.54) is 0 Å². The lowest BCUT2D eigenvalue weighted by atomic mass is 9.82. The van der Waals surface area contributed by atoms with Crippen molar-refractivity contribution in [1.29, 1.82) is 0 Å². The molecule has 30 heavy (non-hydrogen) atoms. The number of allylic oxidation sites excluding steroid dienone is 3. The van der Waals surface area contributed by atoms with E-state index in [0.717, 1.165) is 5.69 Å². The van der Waals surface area contributed by atoms with Crippen molar-refractivity contribution in [3.63, 3.8) is 0 Å². The van der Waals surface area contributed by atoms with E-state index >= 15 is 0 Å². The first-order valence-electron chi connectivity index (χ1n) is 10.2. The molecule has 1 aliphatic carbocycles. The smallest absolute Gasteiger partial charge is 0.255 e. The second-order valence-corrected chi connectivity index (χ2v) is 8.16. The zero-order valence-electron chi connectivity index (χ0n) is 16.4. The molecule has 3 aliphatic heterocycles. The molecule has 0 radical (unpaired) electrons. The average Bonchev–Trinajstić information content (AvgIpc) is 2.76. The van der Waals surface area contributed by atoms with Crippen LogP contribution in [0.15, 0.2) is 53.7 Å². The molecule has 3 amide bonds. The Hall–Kier alpha value is -3.42. The topological polar surface area (TPSA) is 103 Å². The number of carbonyl (C=O) groups is 3. The van der Waals surface area contributed by atoms with Crippen LogP contribution in [-0.4, -0.2) is 47.1 Å². The standard InChI is InChI=1S/C22H23N5O3/c28-19(13-18-14-5-1-2-6-15(14)21(30)26-25-18)27-11-9-22(10-12-27)23-17-8-4-3-7-16(17)20(29)24-22/h1-8,14-15,23H,9-13H2,(H,24,29)(H,26,30)/t14-,15-/m1/s1. The quantitative estimate of drug-likeness (QED) is 0.692. The van der Waals surface area contributed by atoms with Gasteiger partial charge in [0.25, 0.3) is 5.91 Å². The number of amides is 3. The highest BCUT2D eigenvalue weighted by Crippen LogP contribution is 2.32. The third-order valence-corrected chi connectivity index (χ3v) is 6.33. The summed E-state index contributed by atoms with van der Waals surface area (Å²) >= 11 is 0. The number of anilines is 1. The molecule has 5 rings (SSSR count). The van der Waals surface area contributed by atoms with E-state index in [4.69, 9.17) is 0 Å². The van der Waals surface area contributed by atoms with E-state index < -0.39 is 5.66 Å². The van der Waals surface area contributed by atoms with Crippen molar-refractivity contribution in [2.45, 2.75) is 24.9 Å². The van der Waals surface area contributed by atoms with Crippen LogP contribution in [0.1, 0.15) is 29.6 Å². The molecule has 0 aromatic heterocycles. The molecule has 3 N–H and O–H groups in total. The maximum Gasteiger partial charge on any atom is 0.255 e. The molecule has 154 valence electrons. The van der Waals surface area contributed by atoms with Crippen LogP contribution in [0.5, 0.6) is 0 Å². The van der Waals surface area contributed by atoms with Gasteiger partial charge in [-0.3, -0.25) is 14.4 Å². The second-order valence-electron chi connectivity index (χ2n) is 8.16. The van der Waals surface area contributed by atoms with Gasteiger partial charge in [-0.25, -0.2) is 5.43 Å². The van der Waals surface area contributed by atoms with Gasteiger partial charge in [-0.1, -0.05) is 36.4 Å². The number of nitrogens with one attached hydrogen (secondary N) is 3. The molecule has 4 aliphatic rings. The monoisotopic (exact) mass is 405 g/mol. The van der Waals surface area contributed by atoms with E-state index in [-0.39, 0.29) is 36.0 Å². The summed E-state index contributed by atoms with van der Waals surface area (Å²) in [7, 11) is 0. The first-order valence-corrected chi connectivity index (χ1v) is 10.2. The maximum absolute atomic E-state index is 12.9. The predicted molar refractivity (Wildman–Crippen MR) is 112 cm³/mol. The Balaban J connectivity index is 1.24. The summed E-state index contributed by atoms with van der Waals surface area (Å²) in [4.78, 5) is 39.3. The normalized spacial score (nSPS) is 26.1. The van der Waals surface area contributed by atoms with E-state index in [9.17, 15) is 14.4 Å². The molecule has 3 heterocycles. The molecule has 1 aromatic carbocycles. The van der Waals surface area contributed by atoms with Crippen LogP contribution in [0.25, 0.3) is 0 Å². The number of likely N-dealkylation sites (tertiary alicyclic amines) is 1. The first kappa shape index (κ1) is 18.6. The van der Waals surface area contributed by atoms with E-state index in [2.05, 4.69) is 21.2 Å². The highest BCUT2D eigenvalue weighted by Gasteiger charge is 2.41. The van der Waals surface area contributed by atoms with Crippen molar-refractivity contribution >= 4 is 29.1 Å². The van der Waals surface area contributed by atoms with Gasteiger partial charge in [-0.2, -0.15) is 5.10 Å². The SMILES string of the molecule is O=C1NC2(CCN(C(=O)CC3=NNC(=O)[C@@H]4C=CC=C[C@@H]34)CC2)Nc2ccccc21. The number of benzene rings is 1. The molecular formula is C22H23N5O3. The Morgan fingerprint density at radius 1 is 1.07 bits per heavy atom. The molecule has 8 heteroatoms. The minimum atomic E-state index is -0.527. The van der Waals surface area contributed by atoms with Gasteiger partial charge in [0.15, 0.2) is 0 Å². The molecule has 1 aromatic rings. The van der Waals surface area contributed by atoms with E-state index in [1.54, 1.807) is 6.07 Å². The molecule has 2 atom stereocenters. The fraction of sp³-hybridized carbons (Fsp3) is 0.364. The fourth-order valence-electron chi connectivity index (χ4n) is 4.63. The lowest BCUT2D eigenvalue weighted by molar-refractivity contribution is -0.132. The zero-order valence-corrected chi connectivity index (χ0v) is 16.4. The Morgan fingerprint density at radius 3 is 2.60 bits per heavy atom. The van der Waals surface area contributed by atoms with E-state index in [0.29, 0.717) is 37.2 Å². The highest BCUT2D eigenvalue weighted by atomic mass is 16.2. The summed E-state index contributed by atoms with van der Waals surface area (Å²) < 4.78 is 0. The van der Waals surface area contributed by atoms with Gasteiger partial charge in [0.1, 0.15) is 5.66 Å². The van der Waals surface area contributed by atoms with Crippen molar-refractivity contribution in [3.8, 4) is 0 Å². The molecule has 1 spiro atoms. The highest BCUT2D eigenvalue weighted by molar-refractivity contribution is 6.07. The van der Waals surface area contributed by atoms with Crippen molar-refractivity contribution in [2.75, 3.05) is 18.4 Å².